The van der Waals surface area contributed by atoms with Gasteiger partial charge in [0.25, 0.3) is 0 Å². The van der Waals surface area contributed by atoms with Crippen LogP contribution in [0.1, 0.15) is 28.3 Å². The molecule has 1 aromatic carbocycles. The van der Waals surface area contributed by atoms with E-state index in [9.17, 15) is 9.90 Å². The van der Waals surface area contributed by atoms with Gasteiger partial charge in [-0.25, -0.2) is 4.79 Å². The Morgan fingerprint density at radius 1 is 1.25 bits per heavy atom. The van der Waals surface area contributed by atoms with Crippen molar-refractivity contribution in [3.8, 4) is 11.5 Å². The molecule has 0 saturated carbocycles. The Kier molecular flexibility index (Phi) is 3.63. The Morgan fingerprint density at radius 3 is 2.79 bits per heavy atom. The second-order valence-corrected chi connectivity index (χ2v) is 6.60. The molecule has 0 aromatic heterocycles. The summed E-state index contributed by atoms with van der Waals surface area (Å²) in [7, 11) is 2.07. The van der Waals surface area contributed by atoms with Gasteiger partial charge in [0.05, 0.1) is 5.56 Å². The zero-order valence-corrected chi connectivity index (χ0v) is 14.8. The van der Waals surface area contributed by atoms with Crippen LogP contribution in [0.25, 0.3) is 0 Å². The first kappa shape index (κ1) is 15.9. The van der Waals surface area contributed by atoms with Crippen molar-refractivity contribution in [3.63, 3.8) is 0 Å². The second-order valence-electron chi connectivity index (χ2n) is 6.60. The molecule has 1 unspecified atom stereocenters. The summed E-state index contributed by atoms with van der Waals surface area (Å²) >= 11 is 0. The Balaban J connectivity index is 0.00000146. The van der Waals surface area contributed by atoms with Crippen molar-refractivity contribution in [2.45, 2.75) is 30.6 Å². The number of ether oxygens (including phenoxy) is 3. The first-order valence-electron chi connectivity index (χ1n) is 7.87. The average Bonchev–Trinajstić information content (AvgIpc) is 3.13. The highest BCUT2D eigenvalue weighted by Gasteiger charge is 2.50. The summed E-state index contributed by atoms with van der Waals surface area (Å²) in [5.74, 6) is 0.741. The number of aliphatic hydroxyl groups excluding tert-OH is 1. The lowest BCUT2D eigenvalue weighted by Crippen LogP contribution is -2.50. The molecule has 1 N–H and O–H groups in total. The third-order valence-corrected chi connectivity index (χ3v) is 5.39. The van der Waals surface area contributed by atoms with Gasteiger partial charge >= 0.3 is 5.97 Å². The standard InChI is InChI=1S/C17H17NO5.BrH/c1-18-3-2-8-4-11(19)16-14(15(8)18)9-5-12-13(22-7-21-12)6-10(9)17(20)23-16;/h4-6,11,14-16,19H,2-3,7H2,1H3;1H/t11-,14-,15?,16-;/m0./s1. The van der Waals surface area contributed by atoms with Crippen molar-refractivity contribution in [1.29, 1.82) is 0 Å². The number of nitrogens with zero attached hydrogens (tertiary/aromatic N) is 1. The van der Waals surface area contributed by atoms with Crippen LogP contribution in [0.4, 0.5) is 0 Å². The SMILES string of the molecule is Br.CN1CCC2=C[C@H](O)[C@@H]3OC(=O)c4cc5c(cc4[C@H]3C21)OCO5. The summed E-state index contributed by atoms with van der Waals surface area (Å²) in [5, 5.41) is 10.4. The van der Waals surface area contributed by atoms with Crippen LogP contribution in [0.15, 0.2) is 23.8 Å². The van der Waals surface area contributed by atoms with Crippen LogP contribution in [0.5, 0.6) is 11.5 Å². The smallest absolute Gasteiger partial charge is 0.338 e. The zero-order valence-electron chi connectivity index (χ0n) is 13.1. The van der Waals surface area contributed by atoms with E-state index in [0.717, 1.165) is 18.5 Å². The molecule has 1 aliphatic carbocycles. The molecule has 1 fully saturated rings. The molecule has 1 aromatic rings. The normalized spacial score (nSPS) is 32.9. The molecule has 4 atom stereocenters. The molecule has 3 heterocycles. The Hall–Kier alpha value is -1.57. The quantitative estimate of drug-likeness (QED) is 0.531. The van der Waals surface area contributed by atoms with Gasteiger partial charge in [-0.2, -0.15) is 0 Å². The van der Waals surface area contributed by atoms with Gasteiger partial charge in [0.2, 0.25) is 6.79 Å². The number of likely N-dealkylation sites (N-methyl/N-ethyl adjacent to an activating group) is 1. The molecule has 7 heteroatoms. The molecular weight excluding hydrogens is 378 g/mol. The number of hydrogen-bond donors (Lipinski definition) is 1. The molecule has 0 bridgehead atoms. The van der Waals surface area contributed by atoms with Crippen molar-refractivity contribution in [2.75, 3.05) is 20.4 Å². The van der Waals surface area contributed by atoms with Gasteiger partial charge in [-0.05, 0) is 31.2 Å². The minimum absolute atomic E-state index is 0. The van der Waals surface area contributed by atoms with Gasteiger partial charge in [0.1, 0.15) is 12.2 Å². The Bertz CT molecular complexity index is 749. The molecular formula is C17H18BrNO5. The summed E-state index contributed by atoms with van der Waals surface area (Å²) in [6, 6.07) is 3.74. The molecule has 5 rings (SSSR count). The molecule has 6 nitrogen and oxygen atoms in total. The Morgan fingerprint density at radius 2 is 2.00 bits per heavy atom. The van der Waals surface area contributed by atoms with Gasteiger partial charge < -0.3 is 19.3 Å². The average molecular weight is 396 g/mol. The molecule has 1 saturated heterocycles. The van der Waals surface area contributed by atoms with E-state index in [1.807, 2.05) is 12.1 Å². The first-order valence-corrected chi connectivity index (χ1v) is 7.87. The van der Waals surface area contributed by atoms with Crippen molar-refractivity contribution in [3.05, 3.63) is 34.9 Å². The maximum atomic E-state index is 12.4. The van der Waals surface area contributed by atoms with Gasteiger partial charge in [0, 0.05) is 18.5 Å². The van der Waals surface area contributed by atoms with Crippen LogP contribution in [0.2, 0.25) is 0 Å². The van der Waals surface area contributed by atoms with E-state index in [2.05, 4.69) is 11.9 Å². The fourth-order valence-electron chi connectivity index (χ4n) is 4.36. The highest BCUT2D eigenvalue weighted by molar-refractivity contribution is 8.93. The molecule has 0 amide bonds. The minimum Gasteiger partial charge on any atom is -0.455 e. The molecule has 0 radical (unpaired) electrons. The van der Waals surface area contributed by atoms with Crippen molar-refractivity contribution >= 4 is 23.0 Å². The van der Waals surface area contributed by atoms with E-state index in [4.69, 9.17) is 14.2 Å². The number of rotatable bonds is 0. The predicted molar refractivity (Wildman–Crippen MR) is 90.0 cm³/mol. The maximum Gasteiger partial charge on any atom is 0.338 e. The number of carbonyl (C=O) groups is 1. The lowest BCUT2D eigenvalue weighted by molar-refractivity contribution is -0.0336. The topological polar surface area (TPSA) is 68.2 Å². The number of aliphatic hydroxyl groups is 1. The molecule has 4 aliphatic rings. The predicted octanol–water partition coefficient (Wildman–Crippen LogP) is 1.62. The molecule has 0 spiro atoms. The largest absolute Gasteiger partial charge is 0.455 e. The number of benzene rings is 1. The minimum atomic E-state index is -0.764. The van der Waals surface area contributed by atoms with Crippen LogP contribution in [-0.4, -0.2) is 54.6 Å². The third-order valence-electron chi connectivity index (χ3n) is 5.39. The summed E-state index contributed by atoms with van der Waals surface area (Å²) in [4.78, 5) is 14.7. The van der Waals surface area contributed by atoms with Crippen molar-refractivity contribution in [1.82, 2.24) is 4.90 Å². The van der Waals surface area contributed by atoms with E-state index in [1.165, 1.54) is 5.57 Å². The van der Waals surface area contributed by atoms with Crippen LogP contribution < -0.4 is 9.47 Å². The number of esters is 1. The first-order chi connectivity index (χ1) is 11.1. The van der Waals surface area contributed by atoms with E-state index >= 15 is 0 Å². The fourth-order valence-corrected chi connectivity index (χ4v) is 4.36. The highest BCUT2D eigenvalue weighted by atomic mass is 79.9. The van der Waals surface area contributed by atoms with Gasteiger partial charge in [-0.15, -0.1) is 17.0 Å². The van der Waals surface area contributed by atoms with Crippen LogP contribution >= 0.6 is 17.0 Å². The zero-order chi connectivity index (χ0) is 15.7. The van der Waals surface area contributed by atoms with Crippen molar-refractivity contribution in [2.24, 2.45) is 0 Å². The van der Waals surface area contributed by atoms with Crippen LogP contribution in [0, 0.1) is 0 Å². The number of hydrogen-bond acceptors (Lipinski definition) is 6. The summed E-state index contributed by atoms with van der Waals surface area (Å²) in [5.41, 5.74) is 2.63. The second kappa shape index (κ2) is 5.47. The summed E-state index contributed by atoms with van der Waals surface area (Å²) in [6.45, 7) is 1.11. The lowest BCUT2D eigenvalue weighted by Gasteiger charge is -2.43. The number of likely N-dealkylation sites (tertiary alicyclic amines) is 1. The van der Waals surface area contributed by atoms with E-state index in [0.29, 0.717) is 17.1 Å². The molecule has 128 valence electrons. The molecule has 3 aliphatic heterocycles. The fraction of sp³-hybridized carbons (Fsp3) is 0.471. The van der Waals surface area contributed by atoms with Crippen molar-refractivity contribution < 1.29 is 24.1 Å². The lowest BCUT2D eigenvalue weighted by atomic mass is 9.74. The monoisotopic (exact) mass is 395 g/mol. The summed E-state index contributed by atoms with van der Waals surface area (Å²) < 4.78 is 16.4. The summed E-state index contributed by atoms with van der Waals surface area (Å²) in [6.07, 6.45) is 1.49. The maximum absolute atomic E-state index is 12.4. The van der Waals surface area contributed by atoms with Crippen LogP contribution in [0.3, 0.4) is 0 Å². The number of halogens is 1. The number of fused-ring (bicyclic) bond motifs is 6. The van der Waals surface area contributed by atoms with Crippen LogP contribution in [-0.2, 0) is 4.74 Å². The van der Waals surface area contributed by atoms with Gasteiger partial charge in [-0.1, -0.05) is 11.6 Å². The number of carbonyl (C=O) groups excluding carboxylic acids is 1. The highest BCUT2D eigenvalue weighted by Crippen LogP contribution is 2.48. The third kappa shape index (κ3) is 2.04. The van der Waals surface area contributed by atoms with Gasteiger partial charge in [-0.3, -0.25) is 4.90 Å². The van der Waals surface area contributed by atoms with E-state index in [-0.39, 0.29) is 35.7 Å². The molecule has 24 heavy (non-hydrogen) atoms. The van der Waals surface area contributed by atoms with E-state index < -0.39 is 18.2 Å². The Labute approximate surface area is 149 Å². The van der Waals surface area contributed by atoms with Gasteiger partial charge in [0.15, 0.2) is 11.5 Å². The van der Waals surface area contributed by atoms with E-state index in [1.54, 1.807) is 6.07 Å².